The van der Waals surface area contributed by atoms with Crippen molar-refractivity contribution in [1.29, 1.82) is 0 Å². The third-order valence-corrected chi connectivity index (χ3v) is 3.41. The molecule has 0 aliphatic carbocycles. The van der Waals surface area contributed by atoms with Crippen LogP contribution in [0.1, 0.15) is 32.8 Å². The van der Waals surface area contributed by atoms with E-state index in [1.807, 2.05) is 12.1 Å². The van der Waals surface area contributed by atoms with Crippen LogP contribution in [0.15, 0.2) is 24.3 Å². The minimum Gasteiger partial charge on any atom is -0.508 e. The Kier molecular flexibility index (Phi) is 6.69. The molecule has 0 bridgehead atoms. The van der Waals surface area contributed by atoms with Gasteiger partial charge in [0.2, 0.25) is 5.91 Å². The maximum absolute atomic E-state index is 12.2. The molecule has 0 saturated heterocycles. The molecule has 0 spiro atoms. The summed E-state index contributed by atoms with van der Waals surface area (Å²) < 4.78 is 0. The second kappa shape index (κ2) is 8.03. The van der Waals surface area contributed by atoms with Crippen LogP contribution in [-0.2, 0) is 11.2 Å². The van der Waals surface area contributed by atoms with Crippen molar-refractivity contribution in [1.82, 2.24) is 10.2 Å². The topological polar surface area (TPSA) is 52.6 Å². The Morgan fingerprint density at radius 1 is 1.19 bits per heavy atom. The van der Waals surface area contributed by atoms with Gasteiger partial charge in [0.1, 0.15) is 5.75 Å². The summed E-state index contributed by atoms with van der Waals surface area (Å²) in [4.78, 5) is 13.9. The number of phenols is 1. The number of nitrogens with one attached hydrogen (secondary N) is 1. The molecule has 0 aliphatic rings. The number of carbonyl (C=O) groups excluding carboxylic acids is 1. The number of hydrogen-bond acceptors (Lipinski definition) is 3. The highest BCUT2D eigenvalue weighted by molar-refractivity contribution is 5.81. The van der Waals surface area contributed by atoms with Crippen LogP contribution in [0.3, 0.4) is 0 Å². The van der Waals surface area contributed by atoms with Gasteiger partial charge in [0.25, 0.3) is 0 Å². The van der Waals surface area contributed by atoms with Gasteiger partial charge in [0, 0.05) is 20.1 Å². The highest BCUT2D eigenvalue weighted by Crippen LogP contribution is 2.13. The molecule has 1 rings (SSSR count). The van der Waals surface area contributed by atoms with Crippen LogP contribution >= 0.6 is 0 Å². The van der Waals surface area contributed by atoms with Crippen molar-refractivity contribution in [2.24, 2.45) is 5.92 Å². The molecule has 0 radical (unpaired) electrons. The first-order chi connectivity index (χ1) is 9.79. The van der Waals surface area contributed by atoms with E-state index in [0.717, 1.165) is 18.4 Å². The lowest BCUT2D eigenvalue weighted by Gasteiger charge is -2.26. The van der Waals surface area contributed by atoms with E-state index in [1.165, 1.54) is 0 Å². The lowest BCUT2D eigenvalue weighted by atomic mass is 10.00. The fraction of sp³-hybridized carbons (Fsp3) is 0.588. The molecule has 2 unspecified atom stereocenters. The summed E-state index contributed by atoms with van der Waals surface area (Å²) in [6.45, 7) is 6.34. The van der Waals surface area contributed by atoms with Crippen molar-refractivity contribution in [3.63, 3.8) is 0 Å². The zero-order valence-electron chi connectivity index (χ0n) is 13.8. The van der Waals surface area contributed by atoms with Gasteiger partial charge >= 0.3 is 0 Å². The average Bonchev–Trinajstić information content (AvgIpc) is 2.39. The second-order valence-corrected chi connectivity index (χ2v) is 6.35. The first-order valence-electron chi connectivity index (χ1n) is 7.54. The zero-order valence-corrected chi connectivity index (χ0v) is 13.8. The minimum absolute atomic E-state index is 0.126. The second-order valence-electron chi connectivity index (χ2n) is 6.35. The van der Waals surface area contributed by atoms with Gasteiger partial charge in [-0.1, -0.05) is 26.0 Å². The predicted molar refractivity (Wildman–Crippen MR) is 86.3 cm³/mol. The minimum atomic E-state index is -0.146. The van der Waals surface area contributed by atoms with E-state index in [2.05, 4.69) is 26.1 Å². The van der Waals surface area contributed by atoms with Gasteiger partial charge < -0.3 is 15.3 Å². The molecule has 0 aromatic heterocycles. The van der Waals surface area contributed by atoms with E-state index in [0.29, 0.717) is 5.92 Å². The number of phenolic OH excluding ortho intramolecular Hbond substituents is 1. The van der Waals surface area contributed by atoms with Gasteiger partial charge in [0.05, 0.1) is 6.04 Å². The SMILES string of the molecule is CC(C)CC(NC(C)Cc1ccc(O)cc1)C(=O)N(C)C. The number of benzene rings is 1. The molecule has 0 heterocycles. The molecule has 0 saturated carbocycles. The van der Waals surface area contributed by atoms with Gasteiger partial charge in [-0.3, -0.25) is 4.79 Å². The first kappa shape index (κ1) is 17.5. The Balaban J connectivity index is 2.64. The number of nitrogens with zero attached hydrogens (tertiary/aromatic N) is 1. The number of rotatable bonds is 7. The molecule has 2 N–H and O–H groups in total. The predicted octanol–water partition coefficient (Wildman–Crippen LogP) is 2.42. The van der Waals surface area contributed by atoms with E-state index >= 15 is 0 Å². The molecule has 4 nitrogen and oxygen atoms in total. The van der Waals surface area contributed by atoms with E-state index in [1.54, 1.807) is 31.1 Å². The molecule has 1 aromatic rings. The van der Waals surface area contributed by atoms with Gasteiger partial charge in [-0.2, -0.15) is 0 Å². The summed E-state index contributed by atoms with van der Waals surface area (Å²) in [5.41, 5.74) is 1.15. The Labute approximate surface area is 128 Å². The van der Waals surface area contributed by atoms with Crippen molar-refractivity contribution in [2.45, 2.75) is 45.7 Å². The molecule has 1 aromatic carbocycles. The summed E-state index contributed by atoms with van der Waals surface area (Å²) in [6, 6.07) is 7.27. The van der Waals surface area contributed by atoms with Crippen LogP contribution in [0.2, 0.25) is 0 Å². The van der Waals surface area contributed by atoms with Gasteiger partial charge in [-0.05, 0) is 43.4 Å². The van der Waals surface area contributed by atoms with Crippen LogP contribution in [0.5, 0.6) is 5.75 Å². The summed E-state index contributed by atoms with van der Waals surface area (Å²) >= 11 is 0. The van der Waals surface area contributed by atoms with E-state index in [-0.39, 0.29) is 23.7 Å². The van der Waals surface area contributed by atoms with Gasteiger partial charge in [-0.15, -0.1) is 0 Å². The molecule has 2 atom stereocenters. The van der Waals surface area contributed by atoms with Crippen molar-refractivity contribution < 1.29 is 9.90 Å². The molecule has 4 heteroatoms. The van der Waals surface area contributed by atoms with Crippen LogP contribution in [-0.4, -0.2) is 42.1 Å². The highest BCUT2D eigenvalue weighted by atomic mass is 16.3. The Bertz CT molecular complexity index is 441. The average molecular weight is 292 g/mol. The number of likely N-dealkylation sites (N-methyl/N-ethyl adjacent to an activating group) is 1. The van der Waals surface area contributed by atoms with Crippen LogP contribution < -0.4 is 5.32 Å². The summed E-state index contributed by atoms with van der Waals surface area (Å²) in [7, 11) is 3.59. The Hall–Kier alpha value is -1.55. The number of hydrogen-bond donors (Lipinski definition) is 2. The van der Waals surface area contributed by atoms with E-state index < -0.39 is 0 Å². The van der Waals surface area contributed by atoms with Crippen molar-refractivity contribution in [2.75, 3.05) is 14.1 Å². The third-order valence-electron chi connectivity index (χ3n) is 3.41. The third kappa shape index (κ3) is 6.17. The van der Waals surface area contributed by atoms with Crippen LogP contribution in [0.25, 0.3) is 0 Å². The van der Waals surface area contributed by atoms with Crippen LogP contribution in [0, 0.1) is 5.92 Å². The maximum Gasteiger partial charge on any atom is 0.239 e. The molecule has 118 valence electrons. The molecule has 1 amide bonds. The Morgan fingerprint density at radius 2 is 1.76 bits per heavy atom. The van der Waals surface area contributed by atoms with Gasteiger partial charge in [-0.25, -0.2) is 0 Å². The lowest BCUT2D eigenvalue weighted by Crippen LogP contribution is -2.48. The van der Waals surface area contributed by atoms with E-state index in [4.69, 9.17) is 0 Å². The summed E-state index contributed by atoms with van der Waals surface area (Å²) in [5, 5.41) is 12.7. The highest BCUT2D eigenvalue weighted by Gasteiger charge is 2.22. The molecule has 0 fully saturated rings. The molecule has 21 heavy (non-hydrogen) atoms. The van der Waals surface area contributed by atoms with Crippen molar-refractivity contribution in [3.8, 4) is 5.75 Å². The first-order valence-corrected chi connectivity index (χ1v) is 7.54. The quantitative estimate of drug-likeness (QED) is 0.811. The Morgan fingerprint density at radius 3 is 2.24 bits per heavy atom. The molecular weight excluding hydrogens is 264 g/mol. The monoisotopic (exact) mass is 292 g/mol. The number of carbonyl (C=O) groups is 1. The van der Waals surface area contributed by atoms with E-state index in [9.17, 15) is 9.90 Å². The smallest absolute Gasteiger partial charge is 0.239 e. The van der Waals surface area contributed by atoms with Crippen molar-refractivity contribution >= 4 is 5.91 Å². The normalized spacial score (nSPS) is 14.0. The van der Waals surface area contributed by atoms with Crippen molar-refractivity contribution in [3.05, 3.63) is 29.8 Å². The standard InChI is InChI=1S/C17H28N2O2/c1-12(2)10-16(17(21)19(4)5)18-13(3)11-14-6-8-15(20)9-7-14/h6-9,12-13,16,18,20H,10-11H2,1-5H3. The van der Waals surface area contributed by atoms with Crippen LogP contribution in [0.4, 0.5) is 0 Å². The number of amides is 1. The number of aromatic hydroxyl groups is 1. The summed E-state index contributed by atoms with van der Waals surface area (Å²) in [5.74, 6) is 0.869. The van der Waals surface area contributed by atoms with Gasteiger partial charge in [0.15, 0.2) is 0 Å². The fourth-order valence-electron chi connectivity index (χ4n) is 2.41. The largest absolute Gasteiger partial charge is 0.508 e. The lowest BCUT2D eigenvalue weighted by molar-refractivity contribution is -0.131. The molecule has 0 aliphatic heterocycles. The molecular formula is C17H28N2O2. The maximum atomic E-state index is 12.2. The fourth-order valence-corrected chi connectivity index (χ4v) is 2.41. The zero-order chi connectivity index (χ0) is 16.0. The summed E-state index contributed by atoms with van der Waals surface area (Å²) in [6.07, 6.45) is 1.66.